The van der Waals surface area contributed by atoms with Crippen molar-refractivity contribution in [2.45, 2.75) is 19.4 Å². The van der Waals surface area contributed by atoms with E-state index in [0.717, 1.165) is 27.9 Å². The molecule has 0 fully saturated rings. The zero-order valence-corrected chi connectivity index (χ0v) is 12.9. The van der Waals surface area contributed by atoms with E-state index in [1.165, 1.54) is 5.56 Å². The van der Waals surface area contributed by atoms with Crippen molar-refractivity contribution in [1.82, 2.24) is 9.78 Å². The first-order chi connectivity index (χ1) is 9.01. The van der Waals surface area contributed by atoms with Gasteiger partial charge in [0.15, 0.2) is 0 Å². The Hall–Kier alpha value is -1.33. The molecule has 1 aromatic heterocycles. The van der Waals surface area contributed by atoms with E-state index in [1.807, 2.05) is 38.4 Å². The smallest absolute Gasteiger partial charge is 0.133 e. The topological polar surface area (TPSA) is 53.1 Å². The fraction of sp³-hybridized carbons (Fsp3) is 0.357. The molecule has 2 aromatic rings. The van der Waals surface area contributed by atoms with E-state index in [-0.39, 0.29) is 6.04 Å². The van der Waals surface area contributed by atoms with Gasteiger partial charge in [0.05, 0.1) is 17.3 Å². The highest BCUT2D eigenvalue weighted by Crippen LogP contribution is 2.27. The number of aromatic nitrogens is 2. The van der Waals surface area contributed by atoms with Crippen molar-refractivity contribution in [2.75, 3.05) is 7.11 Å². The first-order valence-corrected chi connectivity index (χ1v) is 6.88. The summed E-state index contributed by atoms with van der Waals surface area (Å²) in [6.07, 6.45) is 2.76. The summed E-state index contributed by atoms with van der Waals surface area (Å²) in [6, 6.07) is 5.98. The molecule has 0 aliphatic rings. The molecular weight excluding hydrogens is 306 g/mol. The monoisotopic (exact) mass is 323 g/mol. The van der Waals surface area contributed by atoms with Crippen molar-refractivity contribution >= 4 is 15.9 Å². The van der Waals surface area contributed by atoms with Gasteiger partial charge in [0, 0.05) is 24.8 Å². The van der Waals surface area contributed by atoms with Gasteiger partial charge >= 0.3 is 0 Å². The molecule has 0 aliphatic heterocycles. The van der Waals surface area contributed by atoms with E-state index in [2.05, 4.69) is 21.0 Å². The Labute approximate surface area is 121 Å². The number of ether oxygens (including phenoxy) is 1. The van der Waals surface area contributed by atoms with E-state index in [0.29, 0.717) is 0 Å². The van der Waals surface area contributed by atoms with Crippen LogP contribution in [0.3, 0.4) is 0 Å². The Kier molecular flexibility index (Phi) is 4.27. The highest BCUT2D eigenvalue weighted by atomic mass is 79.9. The summed E-state index contributed by atoms with van der Waals surface area (Å²) >= 11 is 3.49. The molecule has 0 saturated heterocycles. The Balaban J connectivity index is 2.17. The predicted octanol–water partition coefficient (Wildman–Crippen LogP) is 2.74. The van der Waals surface area contributed by atoms with E-state index in [1.54, 1.807) is 11.8 Å². The van der Waals surface area contributed by atoms with Crippen LogP contribution in [0.1, 0.15) is 22.9 Å². The van der Waals surface area contributed by atoms with Crippen LogP contribution in [-0.4, -0.2) is 16.9 Å². The zero-order chi connectivity index (χ0) is 14.0. The first kappa shape index (κ1) is 14.1. The van der Waals surface area contributed by atoms with Crippen LogP contribution in [0.4, 0.5) is 0 Å². The average molecular weight is 324 g/mol. The lowest BCUT2D eigenvalue weighted by Gasteiger charge is -2.12. The molecule has 5 heteroatoms. The summed E-state index contributed by atoms with van der Waals surface area (Å²) < 4.78 is 7.97. The normalized spacial score (nSPS) is 12.5. The minimum atomic E-state index is -0.0472. The molecule has 0 spiro atoms. The number of hydrogen-bond acceptors (Lipinski definition) is 3. The van der Waals surface area contributed by atoms with Crippen molar-refractivity contribution in [2.24, 2.45) is 12.8 Å². The second kappa shape index (κ2) is 5.75. The largest absolute Gasteiger partial charge is 0.496 e. The summed E-state index contributed by atoms with van der Waals surface area (Å²) in [7, 11) is 3.57. The van der Waals surface area contributed by atoms with Gasteiger partial charge in [0.2, 0.25) is 0 Å². The Morgan fingerprint density at radius 2 is 2.21 bits per heavy atom. The number of methoxy groups -OCH3 is 1. The molecule has 0 amide bonds. The maximum atomic E-state index is 6.26. The number of hydrogen-bond donors (Lipinski definition) is 1. The lowest BCUT2D eigenvalue weighted by atomic mass is 10.0. The number of nitrogens with two attached hydrogens (primary N) is 1. The van der Waals surface area contributed by atoms with Crippen molar-refractivity contribution < 1.29 is 4.74 Å². The summed E-state index contributed by atoms with van der Waals surface area (Å²) in [5.74, 6) is 0.829. The van der Waals surface area contributed by atoms with Crippen molar-refractivity contribution in [3.63, 3.8) is 0 Å². The van der Waals surface area contributed by atoms with Gasteiger partial charge in [-0.2, -0.15) is 5.10 Å². The molecule has 0 radical (unpaired) electrons. The molecule has 1 aromatic carbocycles. The predicted molar refractivity (Wildman–Crippen MR) is 79.3 cm³/mol. The minimum absolute atomic E-state index is 0.0472. The van der Waals surface area contributed by atoms with Crippen LogP contribution >= 0.6 is 15.9 Å². The molecular formula is C14H18BrN3O. The lowest BCUT2D eigenvalue weighted by molar-refractivity contribution is 0.412. The fourth-order valence-corrected chi connectivity index (χ4v) is 2.77. The summed E-state index contributed by atoms with van der Waals surface area (Å²) in [6.45, 7) is 1.99. The number of aryl methyl sites for hydroxylation is 2. The second-order valence-corrected chi connectivity index (χ2v) is 5.48. The van der Waals surface area contributed by atoms with E-state index >= 15 is 0 Å². The van der Waals surface area contributed by atoms with Gasteiger partial charge in [-0.1, -0.05) is 6.07 Å². The van der Waals surface area contributed by atoms with Gasteiger partial charge < -0.3 is 10.5 Å². The Morgan fingerprint density at radius 3 is 2.74 bits per heavy atom. The molecule has 0 saturated carbocycles. The standard InChI is InChI=1S/C14H18BrN3O/c1-9-11(8-18(2)17-9)13(16)7-10-4-5-14(19-3)12(15)6-10/h4-6,8,13H,7,16H2,1-3H3. The lowest BCUT2D eigenvalue weighted by Crippen LogP contribution is -2.13. The van der Waals surface area contributed by atoms with Gasteiger partial charge in [-0.3, -0.25) is 4.68 Å². The number of halogens is 1. The van der Waals surface area contributed by atoms with Crippen LogP contribution in [0, 0.1) is 6.92 Å². The van der Waals surface area contributed by atoms with Crippen LogP contribution in [0.5, 0.6) is 5.75 Å². The molecule has 1 unspecified atom stereocenters. The Morgan fingerprint density at radius 1 is 1.47 bits per heavy atom. The van der Waals surface area contributed by atoms with Crippen LogP contribution in [0.15, 0.2) is 28.9 Å². The molecule has 0 aliphatic carbocycles. The number of rotatable bonds is 4. The van der Waals surface area contributed by atoms with Crippen LogP contribution in [-0.2, 0) is 13.5 Å². The minimum Gasteiger partial charge on any atom is -0.496 e. The van der Waals surface area contributed by atoms with E-state index in [4.69, 9.17) is 10.5 Å². The third-order valence-electron chi connectivity index (χ3n) is 3.12. The zero-order valence-electron chi connectivity index (χ0n) is 11.4. The van der Waals surface area contributed by atoms with Gasteiger partial charge in [-0.15, -0.1) is 0 Å². The molecule has 1 heterocycles. The maximum absolute atomic E-state index is 6.26. The van der Waals surface area contributed by atoms with Gasteiger partial charge in [0.1, 0.15) is 5.75 Å². The highest BCUT2D eigenvalue weighted by molar-refractivity contribution is 9.10. The average Bonchev–Trinajstić information content (AvgIpc) is 2.69. The number of benzene rings is 1. The van der Waals surface area contributed by atoms with Gasteiger partial charge in [-0.25, -0.2) is 0 Å². The second-order valence-electron chi connectivity index (χ2n) is 4.62. The van der Waals surface area contributed by atoms with Crippen LogP contribution in [0.2, 0.25) is 0 Å². The SMILES string of the molecule is COc1ccc(CC(N)c2cn(C)nc2C)cc1Br. The van der Waals surface area contributed by atoms with Gasteiger partial charge in [-0.05, 0) is 47.0 Å². The molecule has 2 rings (SSSR count). The van der Waals surface area contributed by atoms with E-state index < -0.39 is 0 Å². The highest BCUT2D eigenvalue weighted by Gasteiger charge is 2.13. The quantitative estimate of drug-likeness (QED) is 0.941. The van der Waals surface area contributed by atoms with E-state index in [9.17, 15) is 0 Å². The summed E-state index contributed by atoms with van der Waals surface area (Å²) in [5, 5.41) is 4.33. The molecule has 19 heavy (non-hydrogen) atoms. The van der Waals surface area contributed by atoms with Crippen molar-refractivity contribution in [3.05, 3.63) is 45.7 Å². The molecule has 102 valence electrons. The number of nitrogens with zero attached hydrogens (tertiary/aromatic N) is 2. The third-order valence-corrected chi connectivity index (χ3v) is 3.74. The molecule has 1 atom stereocenters. The first-order valence-electron chi connectivity index (χ1n) is 6.09. The van der Waals surface area contributed by atoms with Crippen LogP contribution < -0.4 is 10.5 Å². The summed E-state index contributed by atoms with van der Waals surface area (Å²) in [4.78, 5) is 0. The molecule has 0 bridgehead atoms. The van der Waals surface area contributed by atoms with Crippen LogP contribution in [0.25, 0.3) is 0 Å². The fourth-order valence-electron chi connectivity index (χ4n) is 2.18. The third kappa shape index (κ3) is 3.16. The maximum Gasteiger partial charge on any atom is 0.133 e. The van der Waals surface area contributed by atoms with Gasteiger partial charge in [0.25, 0.3) is 0 Å². The van der Waals surface area contributed by atoms with Crippen molar-refractivity contribution in [3.8, 4) is 5.75 Å². The molecule has 2 N–H and O–H groups in total. The summed E-state index contributed by atoms with van der Waals surface area (Å²) in [5.41, 5.74) is 9.51. The Bertz CT molecular complexity index is 580. The molecule has 4 nitrogen and oxygen atoms in total. The van der Waals surface area contributed by atoms with Crippen molar-refractivity contribution in [1.29, 1.82) is 0 Å².